The van der Waals surface area contributed by atoms with E-state index in [0.717, 1.165) is 0 Å². The summed E-state index contributed by atoms with van der Waals surface area (Å²) in [5, 5.41) is 8.52. The van der Waals surface area contributed by atoms with Crippen molar-refractivity contribution in [3.05, 3.63) is 11.8 Å². The molecule has 0 heterocycles. The average Bonchev–Trinajstić information content (AvgIpc) is 2.16. The van der Waals surface area contributed by atoms with Gasteiger partial charge in [0.2, 0.25) is 0 Å². The Kier molecular flexibility index (Phi) is 3.48. The van der Waals surface area contributed by atoms with E-state index < -0.39 is 15.6 Å². The number of rotatable bonds is 2. The van der Waals surface area contributed by atoms with Gasteiger partial charge in [0.1, 0.15) is 5.76 Å². The van der Waals surface area contributed by atoms with E-state index >= 15 is 0 Å². The molecule has 0 spiro atoms. The van der Waals surface area contributed by atoms with Crippen LogP contribution in [0.2, 0.25) is 0 Å². The minimum absolute atomic E-state index is 0.0214. The van der Waals surface area contributed by atoms with Crippen LogP contribution in [-0.2, 0) is 14.3 Å². The van der Waals surface area contributed by atoms with Crippen molar-refractivity contribution in [1.29, 1.82) is 5.26 Å². The predicted molar refractivity (Wildman–Crippen MR) is 47.1 cm³/mol. The molecule has 0 radical (unpaired) electrons. The first-order valence-electron chi connectivity index (χ1n) is 4.35. The highest BCUT2D eigenvalue weighted by Crippen LogP contribution is 2.30. The summed E-state index contributed by atoms with van der Waals surface area (Å²) in [7, 11) is -5.57. The van der Waals surface area contributed by atoms with Crippen molar-refractivity contribution in [2.45, 2.75) is 24.8 Å². The lowest BCUT2D eigenvalue weighted by Gasteiger charge is -2.17. The van der Waals surface area contributed by atoms with E-state index in [9.17, 15) is 21.6 Å². The molecular weight excluding hydrogens is 247 g/mol. The molecule has 0 bridgehead atoms. The highest BCUT2D eigenvalue weighted by Gasteiger charge is 2.48. The Morgan fingerprint density at radius 1 is 1.50 bits per heavy atom. The molecule has 4 nitrogen and oxygen atoms in total. The molecule has 0 saturated carbocycles. The summed E-state index contributed by atoms with van der Waals surface area (Å²) >= 11 is 0. The molecule has 8 heteroatoms. The van der Waals surface area contributed by atoms with Gasteiger partial charge in [-0.05, 0) is 18.9 Å². The molecule has 1 atom stereocenters. The third-order valence-electron chi connectivity index (χ3n) is 2.05. The number of hydrogen-bond donors (Lipinski definition) is 0. The first-order chi connectivity index (χ1) is 7.26. The molecule has 1 aliphatic rings. The van der Waals surface area contributed by atoms with Crippen LogP contribution >= 0.6 is 0 Å². The molecule has 0 saturated heterocycles. The van der Waals surface area contributed by atoms with Gasteiger partial charge < -0.3 is 4.18 Å². The van der Waals surface area contributed by atoms with E-state index in [-0.39, 0.29) is 24.5 Å². The Labute approximate surface area is 90.4 Å². The number of alkyl halides is 3. The van der Waals surface area contributed by atoms with Gasteiger partial charge in [-0.15, -0.1) is 0 Å². The number of halogens is 3. The Morgan fingerprint density at radius 3 is 2.50 bits per heavy atom. The average molecular weight is 255 g/mol. The number of hydrogen-bond acceptors (Lipinski definition) is 4. The van der Waals surface area contributed by atoms with Gasteiger partial charge in [0.25, 0.3) is 0 Å². The SMILES string of the molecule is N#C[C@@H]1CC=C(OS(=O)(=O)C(F)(F)F)CC1. The molecule has 0 unspecified atom stereocenters. The van der Waals surface area contributed by atoms with Crippen LogP contribution in [0.15, 0.2) is 11.8 Å². The van der Waals surface area contributed by atoms with Crippen molar-refractivity contribution in [2.75, 3.05) is 0 Å². The summed E-state index contributed by atoms with van der Waals surface area (Å²) in [5.74, 6) is -0.537. The maximum absolute atomic E-state index is 11.9. The van der Waals surface area contributed by atoms with E-state index in [1.54, 1.807) is 0 Å². The lowest BCUT2D eigenvalue weighted by molar-refractivity contribution is -0.0524. The van der Waals surface area contributed by atoms with Crippen LogP contribution in [0.25, 0.3) is 0 Å². The highest BCUT2D eigenvalue weighted by atomic mass is 32.2. The standard InChI is InChI=1S/C8H8F3NO3S/c9-8(10,11)16(13,14)15-7-3-1-6(5-12)2-4-7/h3,6H,1-2,4H2/t6-/m1/s1. The third-order valence-corrected chi connectivity index (χ3v) is 3.05. The zero-order valence-corrected chi connectivity index (χ0v) is 8.81. The maximum Gasteiger partial charge on any atom is 0.534 e. The third kappa shape index (κ3) is 2.88. The van der Waals surface area contributed by atoms with Gasteiger partial charge in [0.15, 0.2) is 0 Å². The van der Waals surface area contributed by atoms with E-state index in [1.165, 1.54) is 6.08 Å². The molecule has 0 aromatic carbocycles. The van der Waals surface area contributed by atoms with Gasteiger partial charge in [0.05, 0.1) is 12.0 Å². The lowest BCUT2D eigenvalue weighted by atomic mass is 9.95. The minimum Gasteiger partial charge on any atom is -0.381 e. The molecule has 0 aromatic rings. The summed E-state index contributed by atoms with van der Waals surface area (Å²) in [4.78, 5) is 0. The summed E-state index contributed by atoms with van der Waals surface area (Å²) in [5.41, 5.74) is -5.42. The van der Waals surface area contributed by atoms with E-state index in [0.29, 0.717) is 6.42 Å². The Bertz CT molecular complexity index is 432. The monoisotopic (exact) mass is 255 g/mol. The lowest BCUT2D eigenvalue weighted by Crippen LogP contribution is -2.25. The van der Waals surface area contributed by atoms with Gasteiger partial charge in [-0.1, -0.05) is 0 Å². The van der Waals surface area contributed by atoms with Crippen LogP contribution in [0.5, 0.6) is 0 Å². The van der Waals surface area contributed by atoms with Crippen molar-refractivity contribution < 1.29 is 25.8 Å². The Morgan fingerprint density at radius 2 is 2.12 bits per heavy atom. The minimum atomic E-state index is -5.57. The fourth-order valence-electron chi connectivity index (χ4n) is 1.19. The molecule has 0 fully saturated rings. The molecule has 1 rings (SSSR count). The summed E-state index contributed by atoms with van der Waals surface area (Å²) in [6, 6.07) is 1.95. The van der Waals surface area contributed by atoms with Crippen LogP contribution < -0.4 is 0 Å². The molecule has 0 N–H and O–H groups in total. The van der Waals surface area contributed by atoms with Gasteiger partial charge in [-0.2, -0.15) is 26.9 Å². The largest absolute Gasteiger partial charge is 0.534 e. The van der Waals surface area contributed by atoms with Crippen molar-refractivity contribution >= 4 is 10.1 Å². The smallest absolute Gasteiger partial charge is 0.381 e. The van der Waals surface area contributed by atoms with Gasteiger partial charge in [0, 0.05) is 6.42 Å². The van der Waals surface area contributed by atoms with Crippen LogP contribution in [-0.4, -0.2) is 13.9 Å². The van der Waals surface area contributed by atoms with Crippen LogP contribution in [0.1, 0.15) is 19.3 Å². The summed E-state index contributed by atoms with van der Waals surface area (Å²) < 4.78 is 61.0. The second-order valence-electron chi connectivity index (χ2n) is 3.25. The highest BCUT2D eigenvalue weighted by molar-refractivity contribution is 7.87. The normalized spacial score (nSPS) is 22.1. The van der Waals surface area contributed by atoms with Gasteiger partial charge in [-0.3, -0.25) is 0 Å². The van der Waals surface area contributed by atoms with Crippen LogP contribution in [0, 0.1) is 17.2 Å². The number of allylic oxidation sites excluding steroid dienone is 2. The topological polar surface area (TPSA) is 67.2 Å². The first kappa shape index (κ1) is 12.8. The molecule has 1 aliphatic carbocycles. The van der Waals surface area contributed by atoms with E-state index in [2.05, 4.69) is 4.18 Å². The fourth-order valence-corrected chi connectivity index (χ4v) is 1.72. The molecule has 0 amide bonds. The second-order valence-corrected chi connectivity index (χ2v) is 4.79. The molecular formula is C8H8F3NO3S. The predicted octanol–water partition coefficient (Wildman–Crippen LogP) is 2.06. The van der Waals surface area contributed by atoms with Crippen LogP contribution in [0.3, 0.4) is 0 Å². The zero-order chi connectivity index (χ0) is 12.4. The van der Waals surface area contributed by atoms with Gasteiger partial charge in [-0.25, -0.2) is 0 Å². The zero-order valence-electron chi connectivity index (χ0n) is 7.99. The molecule has 0 aliphatic heterocycles. The van der Waals surface area contributed by atoms with E-state index in [4.69, 9.17) is 5.26 Å². The second kappa shape index (κ2) is 4.33. The number of nitrogens with zero attached hydrogens (tertiary/aromatic N) is 1. The van der Waals surface area contributed by atoms with Gasteiger partial charge >= 0.3 is 15.6 Å². The van der Waals surface area contributed by atoms with Crippen molar-refractivity contribution in [3.8, 4) is 6.07 Å². The van der Waals surface area contributed by atoms with Crippen LogP contribution in [0.4, 0.5) is 13.2 Å². The van der Waals surface area contributed by atoms with Crippen molar-refractivity contribution in [3.63, 3.8) is 0 Å². The summed E-state index contributed by atoms with van der Waals surface area (Å²) in [6.07, 6.45) is 1.74. The van der Waals surface area contributed by atoms with E-state index in [1.807, 2.05) is 6.07 Å². The molecule has 0 aromatic heterocycles. The van der Waals surface area contributed by atoms with Crippen molar-refractivity contribution in [1.82, 2.24) is 0 Å². The fraction of sp³-hybridized carbons (Fsp3) is 0.625. The Balaban J connectivity index is 2.72. The maximum atomic E-state index is 11.9. The molecule has 16 heavy (non-hydrogen) atoms. The molecule has 90 valence electrons. The number of nitriles is 1. The quantitative estimate of drug-likeness (QED) is 0.559. The summed E-state index contributed by atoms with van der Waals surface area (Å²) in [6.45, 7) is 0. The first-order valence-corrected chi connectivity index (χ1v) is 5.76. The van der Waals surface area contributed by atoms with Crippen molar-refractivity contribution in [2.24, 2.45) is 5.92 Å². The Hall–Kier alpha value is -1.23.